The van der Waals surface area contributed by atoms with E-state index in [0.29, 0.717) is 5.69 Å². The van der Waals surface area contributed by atoms with E-state index in [4.69, 9.17) is 23.2 Å². The summed E-state index contributed by atoms with van der Waals surface area (Å²) in [6, 6.07) is 2.34. The summed E-state index contributed by atoms with van der Waals surface area (Å²) < 4.78 is 14.0. The molecule has 0 saturated carbocycles. The molecule has 2 aromatic rings. The molecule has 0 fully saturated rings. The first kappa shape index (κ1) is 10.4. The second-order valence-electron chi connectivity index (χ2n) is 2.92. The third-order valence-electron chi connectivity index (χ3n) is 1.87. The number of fused-ring (bicyclic) bond motifs is 1. The zero-order chi connectivity index (χ0) is 11.0. The van der Waals surface area contributed by atoms with Gasteiger partial charge in [-0.15, -0.1) is 11.6 Å². The quantitative estimate of drug-likeness (QED) is 0.724. The average molecular weight is 247 g/mol. The van der Waals surface area contributed by atoms with Gasteiger partial charge in [0.1, 0.15) is 5.82 Å². The van der Waals surface area contributed by atoms with E-state index in [1.165, 1.54) is 6.07 Å². The molecule has 78 valence electrons. The molecule has 0 spiro atoms. The van der Waals surface area contributed by atoms with Crippen molar-refractivity contribution in [1.82, 2.24) is 9.38 Å². The number of pyridine rings is 1. The molecule has 0 amide bonds. The van der Waals surface area contributed by atoms with Gasteiger partial charge in [0, 0.05) is 12.3 Å². The standard InChI is InChI=1S/C9H5Cl2FN2O/c10-3-6-2-8(15)14-4-5(12)1-7(11)9(14)13-6/h1-2,4H,3H2. The van der Waals surface area contributed by atoms with Crippen molar-refractivity contribution in [2.24, 2.45) is 0 Å². The van der Waals surface area contributed by atoms with Gasteiger partial charge in [-0.2, -0.15) is 0 Å². The number of hydrogen-bond acceptors (Lipinski definition) is 2. The van der Waals surface area contributed by atoms with Gasteiger partial charge in [-0.25, -0.2) is 9.37 Å². The van der Waals surface area contributed by atoms with Gasteiger partial charge >= 0.3 is 0 Å². The lowest BCUT2D eigenvalue weighted by molar-refractivity contribution is 0.617. The first-order valence-corrected chi connectivity index (χ1v) is 4.96. The molecule has 0 radical (unpaired) electrons. The average Bonchev–Trinajstić information content (AvgIpc) is 2.19. The maximum Gasteiger partial charge on any atom is 0.258 e. The van der Waals surface area contributed by atoms with Gasteiger partial charge in [0.2, 0.25) is 0 Å². The fourth-order valence-corrected chi connectivity index (χ4v) is 1.62. The van der Waals surface area contributed by atoms with E-state index in [1.807, 2.05) is 0 Å². The summed E-state index contributed by atoms with van der Waals surface area (Å²) in [5, 5.41) is 0.0825. The summed E-state index contributed by atoms with van der Waals surface area (Å²) in [6.45, 7) is 0. The normalized spacial score (nSPS) is 10.9. The zero-order valence-corrected chi connectivity index (χ0v) is 8.89. The number of halogens is 3. The third-order valence-corrected chi connectivity index (χ3v) is 2.42. The van der Waals surface area contributed by atoms with Gasteiger partial charge < -0.3 is 0 Å². The van der Waals surface area contributed by atoms with Crippen LogP contribution in [-0.4, -0.2) is 9.38 Å². The Labute approximate surface area is 94.1 Å². The van der Waals surface area contributed by atoms with Crippen molar-refractivity contribution in [3.05, 3.63) is 45.2 Å². The molecular formula is C9H5Cl2FN2O. The van der Waals surface area contributed by atoms with Gasteiger partial charge in [0.15, 0.2) is 5.65 Å². The van der Waals surface area contributed by atoms with Crippen LogP contribution >= 0.6 is 23.2 Å². The highest BCUT2D eigenvalue weighted by Crippen LogP contribution is 2.15. The van der Waals surface area contributed by atoms with Crippen LogP contribution in [0, 0.1) is 5.82 Å². The summed E-state index contributed by atoms with van der Waals surface area (Å²) >= 11 is 11.3. The van der Waals surface area contributed by atoms with Gasteiger partial charge in [0.25, 0.3) is 5.56 Å². The molecule has 0 N–H and O–H groups in total. The molecule has 0 aliphatic carbocycles. The molecule has 2 heterocycles. The largest absolute Gasteiger partial charge is 0.269 e. The fourth-order valence-electron chi connectivity index (χ4n) is 1.25. The second kappa shape index (κ2) is 3.79. The highest BCUT2D eigenvalue weighted by molar-refractivity contribution is 6.33. The first-order valence-electron chi connectivity index (χ1n) is 4.05. The minimum Gasteiger partial charge on any atom is -0.269 e. The molecular weight excluding hydrogens is 242 g/mol. The van der Waals surface area contributed by atoms with E-state index in [1.54, 1.807) is 0 Å². The molecule has 2 aromatic heterocycles. The van der Waals surface area contributed by atoms with Crippen LogP contribution in [0.1, 0.15) is 5.69 Å². The number of alkyl halides is 1. The van der Waals surface area contributed by atoms with Crippen LogP contribution < -0.4 is 5.56 Å². The minimum absolute atomic E-state index is 0.0825. The van der Waals surface area contributed by atoms with Crippen molar-refractivity contribution in [3.8, 4) is 0 Å². The van der Waals surface area contributed by atoms with Crippen LogP contribution in [0.3, 0.4) is 0 Å². The lowest BCUT2D eigenvalue weighted by Gasteiger charge is -2.03. The van der Waals surface area contributed by atoms with E-state index in [2.05, 4.69) is 4.98 Å². The van der Waals surface area contributed by atoms with E-state index in [9.17, 15) is 9.18 Å². The molecule has 15 heavy (non-hydrogen) atoms. The molecule has 6 heteroatoms. The predicted octanol–water partition coefficient (Wildman–Crippen LogP) is 2.23. The molecule has 0 atom stereocenters. The minimum atomic E-state index is -0.588. The highest BCUT2D eigenvalue weighted by atomic mass is 35.5. The molecule has 0 unspecified atom stereocenters. The molecule has 3 nitrogen and oxygen atoms in total. The van der Waals surface area contributed by atoms with E-state index in [0.717, 1.165) is 16.7 Å². The van der Waals surface area contributed by atoms with Crippen molar-refractivity contribution in [2.45, 2.75) is 5.88 Å². The molecule has 0 aliphatic rings. The monoisotopic (exact) mass is 246 g/mol. The van der Waals surface area contributed by atoms with Crippen molar-refractivity contribution in [2.75, 3.05) is 0 Å². The zero-order valence-electron chi connectivity index (χ0n) is 7.38. The summed E-state index contributed by atoms with van der Waals surface area (Å²) in [5.41, 5.74) is 0.216. The van der Waals surface area contributed by atoms with Crippen molar-refractivity contribution in [1.29, 1.82) is 0 Å². The van der Waals surface area contributed by atoms with Gasteiger partial charge in [-0.05, 0) is 6.07 Å². The second-order valence-corrected chi connectivity index (χ2v) is 3.59. The Bertz CT molecular complexity index is 582. The van der Waals surface area contributed by atoms with Crippen molar-refractivity contribution in [3.63, 3.8) is 0 Å². The van der Waals surface area contributed by atoms with E-state index < -0.39 is 11.4 Å². The van der Waals surface area contributed by atoms with E-state index >= 15 is 0 Å². The number of nitrogens with zero attached hydrogens (tertiary/aromatic N) is 2. The van der Waals surface area contributed by atoms with Crippen molar-refractivity contribution >= 4 is 28.8 Å². The summed E-state index contributed by atoms with van der Waals surface area (Å²) in [4.78, 5) is 15.5. The van der Waals surface area contributed by atoms with Gasteiger partial charge in [-0.1, -0.05) is 11.6 Å². The summed E-state index contributed by atoms with van der Waals surface area (Å²) in [5.74, 6) is -0.477. The van der Waals surface area contributed by atoms with Gasteiger partial charge in [-0.3, -0.25) is 9.20 Å². The molecule has 0 bridgehead atoms. The fraction of sp³-hybridized carbons (Fsp3) is 0.111. The lowest BCUT2D eigenvalue weighted by Crippen LogP contribution is -2.15. The maximum atomic E-state index is 13.0. The van der Waals surface area contributed by atoms with Gasteiger partial charge in [0.05, 0.1) is 16.6 Å². The molecule has 0 aromatic carbocycles. The Morgan fingerprint density at radius 2 is 2.20 bits per heavy atom. The topological polar surface area (TPSA) is 34.4 Å². The number of aromatic nitrogens is 2. The van der Waals surface area contributed by atoms with Crippen LogP contribution in [-0.2, 0) is 5.88 Å². The van der Waals surface area contributed by atoms with Crippen LogP contribution in [0.15, 0.2) is 23.1 Å². The first-order chi connectivity index (χ1) is 7.11. The molecule has 2 rings (SSSR count). The summed E-state index contributed by atoms with van der Waals surface area (Å²) in [6.07, 6.45) is 1.04. The Morgan fingerprint density at radius 1 is 1.47 bits per heavy atom. The smallest absolute Gasteiger partial charge is 0.258 e. The third kappa shape index (κ3) is 1.82. The summed E-state index contributed by atoms with van der Waals surface area (Å²) in [7, 11) is 0. The number of rotatable bonds is 1. The number of hydrogen-bond donors (Lipinski definition) is 0. The molecule has 0 saturated heterocycles. The molecule has 0 aliphatic heterocycles. The Morgan fingerprint density at radius 3 is 2.87 bits per heavy atom. The highest BCUT2D eigenvalue weighted by Gasteiger charge is 2.07. The lowest BCUT2D eigenvalue weighted by atomic mass is 10.4. The van der Waals surface area contributed by atoms with E-state index in [-0.39, 0.29) is 16.5 Å². The Kier molecular flexibility index (Phi) is 2.63. The van der Waals surface area contributed by atoms with Crippen LogP contribution in [0.4, 0.5) is 4.39 Å². The Balaban J connectivity index is 2.91. The predicted molar refractivity (Wildman–Crippen MR) is 56.0 cm³/mol. The van der Waals surface area contributed by atoms with Crippen LogP contribution in [0.5, 0.6) is 0 Å². The maximum absolute atomic E-state index is 13.0. The SMILES string of the molecule is O=c1cc(CCl)nc2c(Cl)cc(F)cn12. The Hall–Kier alpha value is -1.13. The van der Waals surface area contributed by atoms with Crippen molar-refractivity contribution < 1.29 is 4.39 Å². The van der Waals surface area contributed by atoms with Crippen LogP contribution in [0.25, 0.3) is 5.65 Å². The van der Waals surface area contributed by atoms with Crippen LogP contribution in [0.2, 0.25) is 5.02 Å².